The zero-order valence-corrected chi connectivity index (χ0v) is 11.2. The van der Waals surface area contributed by atoms with E-state index in [0.29, 0.717) is 12.1 Å². The Kier molecular flexibility index (Phi) is 3.75. The van der Waals surface area contributed by atoms with E-state index in [4.69, 9.17) is 5.73 Å². The molecule has 2 aromatic rings. The molecule has 0 aliphatic rings. The number of halogens is 1. The fourth-order valence-electron chi connectivity index (χ4n) is 1.30. The summed E-state index contributed by atoms with van der Waals surface area (Å²) >= 11 is 4.86. The second-order valence-corrected chi connectivity index (χ2v) is 5.32. The minimum absolute atomic E-state index is 0.392. The lowest BCUT2D eigenvalue weighted by molar-refractivity contribution is 0.100. The second-order valence-electron chi connectivity index (χ2n) is 3.41. The summed E-state index contributed by atoms with van der Waals surface area (Å²) in [5.41, 5.74) is 6.66. The van der Waals surface area contributed by atoms with Crippen molar-refractivity contribution in [1.29, 1.82) is 0 Å². The molecule has 3 N–H and O–H groups in total. The highest BCUT2D eigenvalue weighted by molar-refractivity contribution is 9.10. The fraction of sp³-hybridized carbons (Fsp3) is 0.0909. The molecule has 0 spiro atoms. The van der Waals surface area contributed by atoms with Crippen LogP contribution in [-0.4, -0.2) is 10.9 Å². The summed E-state index contributed by atoms with van der Waals surface area (Å²) in [4.78, 5) is 16.0. The molecule has 2 heterocycles. The van der Waals surface area contributed by atoms with Crippen molar-refractivity contribution in [1.82, 2.24) is 4.98 Å². The molecular weight excluding hydrogens is 302 g/mol. The molecule has 0 radical (unpaired) electrons. The topological polar surface area (TPSA) is 68.0 Å². The van der Waals surface area contributed by atoms with Gasteiger partial charge in [-0.25, -0.2) is 0 Å². The van der Waals surface area contributed by atoms with E-state index in [2.05, 4.69) is 26.2 Å². The van der Waals surface area contributed by atoms with Crippen molar-refractivity contribution in [2.75, 3.05) is 5.32 Å². The van der Waals surface area contributed by atoms with Crippen molar-refractivity contribution in [3.8, 4) is 0 Å². The van der Waals surface area contributed by atoms with Gasteiger partial charge in [-0.05, 0) is 28.1 Å². The molecule has 0 unspecified atom stereocenters. The normalized spacial score (nSPS) is 10.2. The SMILES string of the molecule is NC(=O)c1csc(CNc2cncc(Br)c2)c1. The van der Waals surface area contributed by atoms with Crippen molar-refractivity contribution < 1.29 is 4.79 Å². The number of carbonyl (C=O) groups is 1. The summed E-state index contributed by atoms with van der Waals surface area (Å²) in [6, 6.07) is 3.74. The molecule has 17 heavy (non-hydrogen) atoms. The van der Waals surface area contributed by atoms with Crippen molar-refractivity contribution >= 4 is 38.9 Å². The number of pyridine rings is 1. The van der Waals surface area contributed by atoms with E-state index in [9.17, 15) is 4.79 Å². The molecule has 0 fully saturated rings. The third-order valence-corrected chi connectivity index (χ3v) is 3.48. The van der Waals surface area contributed by atoms with Gasteiger partial charge in [-0.15, -0.1) is 11.3 Å². The third kappa shape index (κ3) is 3.28. The number of rotatable bonds is 4. The van der Waals surface area contributed by atoms with Crippen molar-refractivity contribution in [2.24, 2.45) is 5.73 Å². The zero-order chi connectivity index (χ0) is 12.3. The number of nitrogens with zero attached hydrogens (tertiary/aromatic N) is 1. The van der Waals surface area contributed by atoms with Crippen LogP contribution < -0.4 is 11.1 Å². The number of hydrogen-bond donors (Lipinski definition) is 2. The first-order valence-electron chi connectivity index (χ1n) is 4.87. The van der Waals surface area contributed by atoms with Gasteiger partial charge in [0.05, 0.1) is 17.4 Å². The Morgan fingerprint density at radius 3 is 2.94 bits per heavy atom. The maximum absolute atomic E-state index is 10.9. The molecular formula is C11H10BrN3OS. The number of anilines is 1. The van der Waals surface area contributed by atoms with E-state index in [1.54, 1.807) is 23.8 Å². The first kappa shape index (κ1) is 12.1. The summed E-state index contributed by atoms with van der Waals surface area (Å²) < 4.78 is 0.923. The van der Waals surface area contributed by atoms with Gasteiger partial charge in [-0.1, -0.05) is 0 Å². The molecule has 2 aromatic heterocycles. The smallest absolute Gasteiger partial charge is 0.249 e. The van der Waals surface area contributed by atoms with E-state index >= 15 is 0 Å². The molecule has 1 amide bonds. The van der Waals surface area contributed by atoms with Gasteiger partial charge in [0.15, 0.2) is 0 Å². The van der Waals surface area contributed by atoms with E-state index in [1.165, 1.54) is 11.3 Å². The van der Waals surface area contributed by atoms with Crippen LogP contribution in [0.25, 0.3) is 0 Å². The Hall–Kier alpha value is -1.40. The molecule has 0 saturated heterocycles. The van der Waals surface area contributed by atoms with Crippen LogP contribution in [-0.2, 0) is 6.54 Å². The molecule has 6 heteroatoms. The highest BCUT2D eigenvalue weighted by Gasteiger charge is 2.04. The van der Waals surface area contributed by atoms with Gasteiger partial charge in [0.1, 0.15) is 0 Å². The Morgan fingerprint density at radius 1 is 1.47 bits per heavy atom. The van der Waals surface area contributed by atoms with Crippen LogP contribution in [0, 0.1) is 0 Å². The van der Waals surface area contributed by atoms with Gasteiger partial charge in [-0.2, -0.15) is 0 Å². The van der Waals surface area contributed by atoms with Gasteiger partial charge in [0.2, 0.25) is 5.91 Å². The number of thiophene rings is 1. The minimum Gasteiger partial charge on any atom is -0.379 e. The zero-order valence-electron chi connectivity index (χ0n) is 8.81. The molecule has 0 atom stereocenters. The lowest BCUT2D eigenvalue weighted by atomic mass is 10.3. The van der Waals surface area contributed by atoms with Gasteiger partial charge in [0.25, 0.3) is 0 Å². The van der Waals surface area contributed by atoms with Gasteiger partial charge >= 0.3 is 0 Å². The van der Waals surface area contributed by atoms with E-state index in [-0.39, 0.29) is 0 Å². The van der Waals surface area contributed by atoms with Crippen LogP contribution in [0.15, 0.2) is 34.4 Å². The van der Waals surface area contributed by atoms with Crippen LogP contribution in [0.1, 0.15) is 15.2 Å². The lowest BCUT2D eigenvalue weighted by Crippen LogP contribution is -2.09. The first-order valence-corrected chi connectivity index (χ1v) is 6.54. The number of hydrogen-bond acceptors (Lipinski definition) is 4. The fourth-order valence-corrected chi connectivity index (χ4v) is 2.48. The molecule has 4 nitrogen and oxygen atoms in total. The quantitative estimate of drug-likeness (QED) is 0.912. The summed E-state index contributed by atoms with van der Waals surface area (Å²) in [6.45, 7) is 0.649. The molecule has 0 aliphatic heterocycles. The maximum atomic E-state index is 10.9. The molecule has 0 aromatic carbocycles. The van der Waals surface area contributed by atoms with Crippen molar-refractivity contribution in [2.45, 2.75) is 6.54 Å². The minimum atomic E-state index is -0.392. The van der Waals surface area contributed by atoms with Gasteiger partial charge in [-0.3, -0.25) is 9.78 Å². The Morgan fingerprint density at radius 2 is 2.29 bits per heavy atom. The molecule has 2 rings (SSSR count). The second kappa shape index (κ2) is 5.29. The third-order valence-electron chi connectivity index (χ3n) is 2.11. The largest absolute Gasteiger partial charge is 0.379 e. The van der Waals surface area contributed by atoms with E-state index in [0.717, 1.165) is 15.0 Å². The Labute approximate surface area is 111 Å². The predicted octanol–water partition coefficient (Wildman–Crippen LogP) is 2.62. The lowest BCUT2D eigenvalue weighted by Gasteiger charge is -2.03. The highest BCUT2D eigenvalue weighted by atomic mass is 79.9. The van der Waals surface area contributed by atoms with Gasteiger partial charge in [0, 0.05) is 27.5 Å². The summed E-state index contributed by atoms with van der Waals surface area (Å²) in [7, 11) is 0. The number of primary amides is 1. The standard InChI is InChI=1S/C11H10BrN3OS/c12-8-2-9(4-14-3-8)15-5-10-1-7(6-17-10)11(13)16/h1-4,6,15H,5H2,(H2,13,16). The number of amides is 1. The van der Waals surface area contributed by atoms with Crippen LogP contribution in [0.4, 0.5) is 5.69 Å². The number of nitrogens with one attached hydrogen (secondary N) is 1. The van der Waals surface area contributed by atoms with Gasteiger partial charge < -0.3 is 11.1 Å². The molecule has 88 valence electrons. The summed E-state index contributed by atoms with van der Waals surface area (Å²) in [5.74, 6) is -0.392. The highest BCUT2D eigenvalue weighted by Crippen LogP contribution is 2.18. The monoisotopic (exact) mass is 311 g/mol. The Bertz CT molecular complexity index is 541. The average molecular weight is 312 g/mol. The van der Waals surface area contributed by atoms with Crippen molar-refractivity contribution in [3.63, 3.8) is 0 Å². The number of aromatic nitrogens is 1. The number of carbonyl (C=O) groups excluding carboxylic acids is 1. The van der Waals surface area contributed by atoms with E-state index < -0.39 is 5.91 Å². The maximum Gasteiger partial charge on any atom is 0.249 e. The molecule has 0 aliphatic carbocycles. The number of nitrogens with two attached hydrogens (primary N) is 1. The predicted molar refractivity (Wildman–Crippen MR) is 72.1 cm³/mol. The summed E-state index contributed by atoms with van der Waals surface area (Å²) in [6.07, 6.45) is 3.47. The van der Waals surface area contributed by atoms with Crippen LogP contribution in [0.3, 0.4) is 0 Å². The summed E-state index contributed by atoms with van der Waals surface area (Å²) in [5, 5.41) is 4.98. The Balaban J connectivity index is 2.00. The van der Waals surface area contributed by atoms with Crippen LogP contribution in [0.2, 0.25) is 0 Å². The van der Waals surface area contributed by atoms with E-state index in [1.807, 2.05) is 6.07 Å². The van der Waals surface area contributed by atoms with Crippen LogP contribution >= 0.6 is 27.3 Å². The first-order chi connectivity index (χ1) is 8.15. The molecule has 0 bridgehead atoms. The molecule has 0 saturated carbocycles. The van der Waals surface area contributed by atoms with Crippen molar-refractivity contribution in [3.05, 3.63) is 44.8 Å². The average Bonchev–Trinajstić information content (AvgIpc) is 2.75. The van der Waals surface area contributed by atoms with Crippen LogP contribution in [0.5, 0.6) is 0 Å².